The first-order chi connectivity index (χ1) is 10.8. The number of pyridine rings is 1. The van der Waals surface area contributed by atoms with Gasteiger partial charge in [-0.3, -0.25) is 9.78 Å². The second-order valence-electron chi connectivity index (χ2n) is 4.60. The van der Waals surface area contributed by atoms with Gasteiger partial charge in [-0.25, -0.2) is 0 Å². The molecule has 2 N–H and O–H groups in total. The van der Waals surface area contributed by atoms with E-state index in [9.17, 15) is 23.1 Å². The van der Waals surface area contributed by atoms with Crippen LogP contribution >= 0.6 is 0 Å². The van der Waals surface area contributed by atoms with Crippen LogP contribution in [0.4, 0.5) is 13.2 Å². The summed E-state index contributed by atoms with van der Waals surface area (Å²) in [6.07, 6.45) is -3.97. The van der Waals surface area contributed by atoms with Crippen molar-refractivity contribution in [2.24, 2.45) is 0 Å². The van der Waals surface area contributed by atoms with Gasteiger partial charge in [0.2, 0.25) is 0 Å². The van der Waals surface area contributed by atoms with Crippen molar-refractivity contribution >= 4 is 5.97 Å². The molecule has 122 valence electrons. The fourth-order valence-corrected chi connectivity index (χ4v) is 1.78. The quantitative estimate of drug-likeness (QED) is 0.880. The lowest BCUT2D eigenvalue weighted by Gasteiger charge is -2.10. The van der Waals surface area contributed by atoms with Crippen molar-refractivity contribution < 1.29 is 32.9 Å². The molecule has 1 heterocycles. The van der Waals surface area contributed by atoms with Crippen molar-refractivity contribution in [3.8, 4) is 22.8 Å². The van der Waals surface area contributed by atoms with E-state index in [0.29, 0.717) is 11.8 Å². The summed E-state index contributed by atoms with van der Waals surface area (Å²) in [4.78, 5) is 14.1. The minimum Gasteiger partial charge on any atom is -0.504 e. The van der Waals surface area contributed by atoms with Crippen molar-refractivity contribution in [2.75, 3.05) is 6.61 Å². The predicted octanol–water partition coefficient (Wildman–Crippen LogP) is 3.33. The summed E-state index contributed by atoms with van der Waals surface area (Å²) < 4.78 is 42.5. The van der Waals surface area contributed by atoms with Crippen LogP contribution in [0.15, 0.2) is 36.5 Å². The number of carboxylic acids is 1. The molecule has 0 unspecified atom stereocenters. The van der Waals surface area contributed by atoms with E-state index in [0.717, 1.165) is 6.07 Å². The molecule has 0 aliphatic rings. The number of phenolic OH excluding ortho intramolecular Hbond substituents is 1. The number of carboxylic acid groups (broad SMARTS) is 1. The lowest BCUT2D eigenvalue weighted by atomic mass is 10.1. The number of ether oxygens (including phenoxy) is 1. The van der Waals surface area contributed by atoms with E-state index in [4.69, 9.17) is 9.84 Å². The first kappa shape index (κ1) is 16.6. The molecule has 23 heavy (non-hydrogen) atoms. The molecule has 1 aromatic heterocycles. The molecule has 0 amide bonds. The Morgan fingerprint density at radius 1 is 1.22 bits per heavy atom. The first-order valence-electron chi connectivity index (χ1n) is 6.48. The van der Waals surface area contributed by atoms with Crippen molar-refractivity contribution in [3.05, 3.63) is 42.1 Å². The Labute approximate surface area is 129 Å². The molecule has 5 nitrogen and oxygen atoms in total. The summed E-state index contributed by atoms with van der Waals surface area (Å²) in [6, 6.07) is 6.28. The molecule has 8 heteroatoms. The Kier molecular flexibility index (Phi) is 4.73. The second kappa shape index (κ2) is 6.55. The molecule has 2 aromatic rings. The normalized spacial score (nSPS) is 11.3. The fraction of sp³-hybridized carbons (Fsp3) is 0.200. The number of rotatable bonds is 5. The van der Waals surface area contributed by atoms with Crippen LogP contribution in [-0.4, -0.2) is 27.8 Å². The molecule has 1 aromatic carbocycles. The maximum atomic E-state index is 12.5. The molecule has 0 saturated heterocycles. The van der Waals surface area contributed by atoms with E-state index in [1.54, 1.807) is 0 Å². The van der Waals surface area contributed by atoms with Gasteiger partial charge in [-0.2, -0.15) is 13.2 Å². The van der Waals surface area contributed by atoms with Crippen molar-refractivity contribution in [1.29, 1.82) is 0 Å². The Balaban J connectivity index is 2.15. The van der Waals surface area contributed by atoms with Gasteiger partial charge in [0.25, 0.3) is 0 Å². The third-order valence-corrected chi connectivity index (χ3v) is 2.92. The van der Waals surface area contributed by atoms with Gasteiger partial charge < -0.3 is 14.9 Å². The van der Waals surface area contributed by atoms with E-state index >= 15 is 0 Å². The SMILES string of the molecule is O=C(O)CCOc1ccc(-c2ccc(C(F)(F)F)cn2)cc1O. The third kappa shape index (κ3) is 4.35. The number of hydrogen-bond acceptors (Lipinski definition) is 4. The minimum absolute atomic E-state index is 0.0851. The highest BCUT2D eigenvalue weighted by Gasteiger charge is 2.30. The topological polar surface area (TPSA) is 79.7 Å². The zero-order valence-electron chi connectivity index (χ0n) is 11.7. The van der Waals surface area contributed by atoms with Gasteiger partial charge in [0, 0.05) is 11.8 Å². The van der Waals surface area contributed by atoms with Crippen molar-refractivity contribution in [3.63, 3.8) is 0 Å². The van der Waals surface area contributed by atoms with E-state index in [1.165, 1.54) is 24.3 Å². The lowest BCUT2D eigenvalue weighted by molar-refractivity contribution is -0.138. The second-order valence-corrected chi connectivity index (χ2v) is 4.60. The molecule has 0 radical (unpaired) electrons. The number of alkyl halides is 3. The number of aromatic nitrogens is 1. The lowest BCUT2D eigenvalue weighted by Crippen LogP contribution is -2.05. The number of halogens is 3. The van der Waals surface area contributed by atoms with Gasteiger partial charge in [0.05, 0.1) is 24.3 Å². The van der Waals surface area contributed by atoms with Crippen LogP contribution in [-0.2, 0) is 11.0 Å². The molecule has 0 aliphatic carbocycles. The highest BCUT2D eigenvalue weighted by Crippen LogP contribution is 2.33. The highest BCUT2D eigenvalue weighted by molar-refractivity contribution is 5.67. The molecule has 0 atom stereocenters. The van der Waals surface area contributed by atoms with Crippen LogP contribution in [0.2, 0.25) is 0 Å². The van der Waals surface area contributed by atoms with Crippen molar-refractivity contribution in [2.45, 2.75) is 12.6 Å². The summed E-state index contributed by atoms with van der Waals surface area (Å²) in [7, 11) is 0. The van der Waals surface area contributed by atoms with Crippen LogP contribution in [0.5, 0.6) is 11.5 Å². The standard InChI is InChI=1S/C15H12F3NO4/c16-15(17,18)10-2-3-11(19-8-10)9-1-4-13(12(20)7-9)23-6-5-14(21)22/h1-4,7-8,20H,5-6H2,(H,21,22). The molecule has 2 rings (SSSR count). The number of aliphatic carboxylic acids is 1. The largest absolute Gasteiger partial charge is 0.504 e. The summed E-state index contributed by atoms with van der Waals surface area (Å²) in [6.45, 7) is -0.110. The maximum absolute atomic E-state index is 12.5. The van der Waals surface area contributed by atoms with Gasteiger partial charge in [0.15, 0.2) is 11.5 Å². The Bertz CT molecular complexity index is 699. The van der Waals surface area contributed by atoms with Crippen LogP contribution in [0.3, 0.4) is 0 Å². The molecular weight excluding hydrogens is 315 g/mol. The van der Waals surface area contributed by atoms with Gasteiger partial charge >= 0.3 is 12.1 Å². The molecule has 0 fully saturated rings. The summed E-state index contributed by atoms with van der Waals surface area (Å²) in [5.74, 6) is -1.20. The number of hydrogen-bond donors (Lipinski definition) is 2. The Morgan fingerprint density at radius 2 is 1.96 bits per heavy atom. The smallest absolute Gasteiger partial charge is 0.417 e. The number of aromatic hydroxyl groups is 1. The van der Waals surface area contributed by atoms with Gasteiger partial charge in [-0.1, -0.05) is 0 Å². The van der Waals surface area contributed by atoms with Crippen LogP contribution in [0.1, 0.15) is 12.0 Å². The first-order valence-corrected chi connectivity index (χ1v) is 6.48. The zero-order chi connectivity index (χ0) is 17.0. The predicted molar refractivity (Wildman–Crippen MR) is 74.1 cm³/mol. The minimum atomic E-state index is -4.46. The number of carbonyl (C=O) groups is 1. The molecular formula is C15H12F3NO4. The van der Waals surface area contributed by atoms with Gasteiger partial charge in [-0.05, 0) is 30.3 Å². The summed E-state index contributed by atoms with van der Waals surface area (Å²) in [5.41, 5.74) is -0.203. The van der Waals surface area contributed by atoms with E-state index < -0.39 is 17.7 Å². The van der Waals surface area contributed by atoms with Crippen LogP contribution in [0.25, 0.3) is 11.3 Å². The van der Waals surface area contributed by atoms with E-state index in [-0.39, 0.29) is 30.2 Å². The monoisotopic (exact) mass is 327 g/mol. The molecule has 0 spiro atoms. The van der Waals surface area contributed by atoms with E-state index in [1.807, 2.05) is 0 Å². The fourth-order valence-electron chi connectivity index (χ4n) is 1.78. The molecule has 0 aliphatic heterocycles. The molecule has 0 bridgehead atoms. The van der Waals surface area contributed by atoms with E-state index in [2.05, 4.69) is 4.98 Å². The highest BCUT2D eigenvalue weighted by atomic mass is 19.4. The number of benzene rings is 1. The average Bonchev–Trinajstić information content (AvgIpc) is 2.48. The summed E-state index contributed by atoms with van der Waals surface area (Å²) >= 11 is 0. The maximum Gasteiger partial charge on any atom is 0.417 e. The van der Waals surface area contributed by atoms with Crippen LogP contribution in [0, 0.1) is 0 Å². The average molecular weight is 327 g/mol. The Hall–Kier alpha value is -2.77. The summed E-state index contributed by atoms with van der Waals surface area (Å²) in [5, 5.41) is 18.3. The van der Waals surface area contributed by atoms with Crippen molar-refractivity contribution in [1.82, 2.24) is 4.98 Å². The molecule has 0 saturated carbocycles. The van der Waals surface area contributed by atoms with Gasteiger partial charge in [-0.15, -0.1) is 0 Å². The Morgan fingerprint density at radius 3 is 2.48 bits per heavy atom. The number of phenols is 1. The zero-order valence-corrected chi connectivity index (χ0v) is 11.7. The number of nitrogens with zero attached hydrogens (tertiary/aromatic N) is 1. The third-order valence-electron chi connectivity index (χ3n) is 2.92. The van der Waals surface area contributed by atoms with Crippen LogP contribution < -0.4 is 4.74 Å². The van der Waals surface area contributed by atoms with Gasteiger partial charge in [0.1, 0.15) is 0 Å².